The van der Waals surface area contributed by atoms with Crippen molar-refractivity contribution in [1.29, 1.82) is 0 Å². The van der Waals surface area contributed by atoms with Crippen LogP contribution in [0.4, 0.5) is 0 Å². The Labute approximate surface area is 126 Å². The second kappa shape index (κ2) is 6.93. The Morgan fingerprint density at radius 2 is 1.81 bits per heavy atom. The summed E-state index contributed by atoms with van der Waals surface area (Å²) in [5.41, 5.74) is 3.35. The molecule has 21 heavy (non-hydrogen) atoms. The van der Waals surface area contributed by atoms with E-state index in [1.165, 1.54) is 5.56 Å². The number of likely N-dealkylation sites (N-methyl/N-ethyl adjacent to an activating group) is 1. The van der Waals surface area contributed by atoms with E-state index in [1.807, 2.05) is 62.4 Å². The molecular formula is C18H21NO2. The molecule has 2 aromatic carbocycles. The van der Waals surface area contributed by atoms with Crippen LogP contribution in [0.15, 0.2) is 48.5 Å². The van der Waals surface area contributed by atoms with Gasteiger partial charge < -0.3 is 9.64 Å². The van der Waals surface area contributed by atoms with E-state index in [9.17, 15) is 4.79 Å². The summed E-state index contributed by atoms with van der Waals surface area (Å²) in [7, 11) is 1.79. The number of amides is 1. The zero-order valence-electron chi connectivity index (χ0n) is 12.8. The van der Waals surface area contributed by atoms with Gasteiger partial charge in [0.1, 0.15) is 5.75 Å². The van der Waals surface area contributed by atoms with Crippen LogP contribution in [0.1, 0.15) is 16.7 Å². The van der Waals surface area contributed by atoms with Crippen LogP contribution in [0.3, 0.4) is 0 Å². The smallest absolute Gasteiger partial charge is 0.260 e. The minimum atomic E-state index is -0.0289. The van der Waals surface area contributed by atoms with Gasteiger partial charge in [0.2, 0.25) is 0 Å². The summed E-state index contributed by atoms with van der Waals surface area (Å²) in [6.45, 7) is 4.68. The Kier molecular flexibility index (Phi) is 4.99. The van der Waals surface area contributed by atoms with Crippen LogP contribution in [0.5, 0.6) is 5.75 Å². The molecule has 0 saturated carbocycles. The van der Waals surface area contributed by atoms with E-state index < -0.39 is 0 Å². The van der Waals surface area contributed by atoms with Crippen LogP contribution in [-0.4, -0.2) is 24.5 Å². The van der Waals surface area contributed by atoms with Crippen LogP contribution in [-0.2, 0) is 11.3 Å². The van der Waals surface area contributed by atoms with Crippen LogP contribution >= 0.6 is 0 Å². The molecule has 0 atom stereocenters. The first-order chi connectivity index (χ1) is 10.1. The number of carbonyl (C=O) groups excluding carboxylic acids is 1. The Bertz CT molecular complexity index is 608. The summed E-state index contributed by atoms with van der Waals surface area (Å²) in [6, 6.07) is 15.9. The topological polar surface area (TPSA) is 29.5 Å². The number of nitrogens with zero attached hydrogens (tertiary/aromatic N) is 1. The molecule has 0 spiro atoms. The van der Waals surface area contributed by atoms with Crippen LogP contribution in [0.2, 0.25) is 0 Å². The van der Waals surface area contributed by atoms with Gasteiger partial charge in [-0.3, -0.25) is 4.79 Å². The number of rotatable bonds is 5. The molecule has 0 aromatic heterocycles. The summed E-state index contributed by atoms with van der Waals surface area (Å²) < 4.78 is 5.62. The summed E-state index contributed by atoms with van der Waals surface area (Å²) in [4.78, 5) is 13.8. The highest BCUT2D eigenvalue weighted by Gasteiger charge is 2.10. The van der Waals surface area contributed by atoms with E-state index in [0.717, 1.165) is 16.9 Å². The number of carbonyl (C=O) groups is 1. The van der Waals surface area contributed by atoms with Gasteiger partial charge in [-0.1, -0.05) is 48.0 Å². The van der Waals surface area contributed by atoms with Gasteiger partial charge in [-0.25, -0.2) is 0 Å². The first-order valence-electron chi connectivity index (χ1n) is 7.04. The van der Waals surface area contributed by atoms with Crippen molar-refractivity contribution in [2.45, 2.75) is 20.4 Å². The van der Waals surface area contributed by atoms with Crippen LogP contribution in [0, 0.1) is 13.8 Å². The van der Waals surface area contributed by atoms with Crippen molar-refractivity contribution >= 4 is 5.91 Å². The Hall–Kier alpha value is -2.29. The van der Waals surface area contributed by atoms with Crippen LogP contribution < -0.4 is 4.74 Å². The minimum Gasteiger partial charge on any atom is -0.484 e. The lowest BCUT2D eigenvalue weighted by Crippen LogP contribution is -2.31. The van der Waals surface area contributed by atoms with Crippen molar-refractivity contribution < 1.29 is 9.53 Å². The number of benzene rings is 2. The fraction of sp³-hybridized carbons (Fsp3) is 0.278. The molecule has 0 aliphatic heterocycles. The standard InChI is InChI=1S/C18H21NO2/c1-14-9-10-17(15(2)11-14)21-13-18(20)19(3)12-16-7-5-4-6-8-16/h4-11H,12-13H2,1-3H3. The average molecular weight is 283 g/mol. The van der Waals surface area contributed by atoms with Gasteiger partial charge in [0.25, 0.3) is 5.91 Å². The molecule has 1 amide bonds. The third kappa shape index (κ3) is 4.35. The number of hydrogen-bond acceptors (Lipinski definition) is 2. The van der Waals surface area contributed by atoms with Crippen molar-refractivity contribution in [3.63, 3.8) is 0 Å². The van der Waals surface area contributed by atoms with E-state index >= 15 is 0 Å². The molecule has 2 rings (SSSR count). The van der Waals surface area contributed by atoms with Gasteiger partial charge in [-0.15, -0.1) is 0 Å². The molecule has 0 aliphatic carbocycles. The summed E-state index contributed by atoms with van der Waals surface area (Å²) in [5.74, 6) is 0.737. The van der Waals surface area contributed by atoms with E-state index in [-0.39, 0.29) is 12.5 Å². The van der Waals surface area contributed by atoms with Gasteiger partial charge >= 0.3 is 0 Å². The maximum Gasteiger partial charge on any atom is 0.260 e. The van der Waals surface area contributed by atoms with Crippen molar-refractivity contribution in [3.8, 4) is 5.75 Å². The molecule has 3 heteroatoms. The Morgan fingerprint density at radius 3 is 2.48 bits per heavy atom. The highest BCUT2D eigenvalue weighted by Crippen LogP contribution is 2.18. The molecular weight excluding hydrogens is 262 g/mol. The highest BCUT2D eigenvalue weighted by molar-refractivity contribution is 5.77. The molecule has 0 N–H and O–H groups in total. The van der Waals surface area contributed by atoms with E-state index in [2.05, 4.69) is 0 Å². The molecule has 0 aliphatic rings. The normalized spacial score (nSPS) is 10.2. The lowest BCUT2D eigenvalue weighted by atomic mass is 10.1. The first-order valence-corrected chi connectivity index (χ1v) is 7.04. The van der Waals surface area contributed by atoms with E-state index in [0.29, 0.717) is 6.54 Å². The Balaban J connectivity index is 1.89. The van der Waals surface area contributed by atoms with Crippen LogP contribution in [0.25, 0.3) is 0 Å². The number of ether oxygens (including phenoxy) is 1. The second-order valence-electron chi connectivity index (χ2n) is 5.29. The van der Waals surface area contributed by atoms with Gasteiger partial charge in [0.05, 0.1) is 0 Å². The number of aryl methyl sites for hydroxylation is 2. The van der Waals surface area contributed by atoms with Gasteiger partial charge in [-0.05, 0) is 31.0 Å². The fourth-order valence-electron chi connectivity index (χ4n) is 2.16. The monoisotopic (exact) mass is 283 g/mol. The summed E-state index contributed by atoms with van der Waals surface area (Å²) >= 11 is 0. The minimum absolute atomic E-state index is 0.0289. The molecule has 0 heterocycles. The van der Waals surface area contributed by atoms with Crippen molar-refractivity contribution in [2.24, 2.45) is 0 Å². The lowest BCUT2D eigenvalue weighted by Gasteiger charge is -2.18. The predicted molar refractivity (Wildman–Crippen MR) is 84.3 cm³/mol. The lowest BCUT2D eigenvalue weighted by molar-refractivity contribution is -0.132. The maximum absolute atomic E-state index is 12.1. The molecule has 2 aromatic rings. The maximum atomic E-state index is 12.1. The highest BCUT2D eigenvalue weighted by atomic mass is 16.5. The van der Waals surface area contributed by atoms with Gasteiger partial charge in [-0.2, -0.15) is 0 Å². The molecule has 0 fully saturated rings. The molecule has 110 valence electrons. The van der Waals surface area contributed by atoms with E-state index in [4.69, 9.17) is 4.74 Å². The molecule has 0 bridgehead atoms. The quantitative estimate of drug-likeness (QED) is 0.842. The fourth-order valence-corrected chi connectivity index (χ4v) is 2.16. The first kappa shape index (κ1) is 15.1. The molecule has 3 nitrogen and oxygen atoms in total. The van der Waals surface area contributed by atoms with Crippen molar-refractivity contribution in [1.82, 2.24) is 4.90 Å². The van der Waals surface area contributed by atoms with E-state index in [1.54, 1.807) is 11.9 Å². The van der Waals surface area contributed by atoms with Gasteiger partial charge in [0.15, 0.2) is 6.61 Å². The molecule has 0 unspecified atom stereocenters. The number of hydrogen-bond donors (Lipinski definition) is 0. The van der Waals surface area contributed by atoms with Gasteiger partial charge in [0, 0.05) is 13.6 Å². The average Bonchev–Trinajstić information content (AvgIpc) is 2.47. The van der Waals surface area contributed by atoms with Crippen molar-refractivity contribution in [2.75, 3.05) is 13.7 Å². The predicted octanol–water partition coefficient (Wildman–Crippen LogP) is 3.34. The second-order valence-corrected chi connectivity index (χ2v) is 5.29. The zero-order chi connectivity index (χ0) is 15.2. The molecule has 0 saturated heterocycles. The summed E-state index contributed by atoms with van der Waals surface area (Å²) in [5, 5.41) is 0. The zero-order valence-corrected chi connectivity index (χ0v) is 12.8. The largest absolute Gasteiger partial charge is 0.484 e. The van der Waals surface area contributed by atoms with Crippen molar-refractivity contribution in [3.05, 3.63) is 65.2 Å². The third-order valence-electron chi connectivity index (χ3n) is 3.37. The Morgan fingerprint density at radius 1 is 1.10 bits per heavy atom. The SMILES string of the molecule is Cc1ccc(OCC(=O)N(C)Cc2ccccc2)c(C)c1. The molecule has 0 radical (unpaired) electrons. The summed E-state index contributed by atoms with van der Waals surface area (Å²) in [6.07, 6.45) is 0. The third-order valence-corrected chi connectivity index (χ3v) is 3.37.